The van der Waals surface area contributed by atoms with E-state index in [4.69, 9.17) is 16.3 Å². The van der Waals surface area contributed by atoms with E-state index in [0.29, 0.717) is 17.4 Å². The number of amides is 1. The van der Waals surface area contributed by atoms with Crippen LogP contribution in [0.1, 0.15) is 15.9 Å². The van der Waals surface area contributed by atoms with Gasteiger partial charge in [-0.15, -0.1) is 0 Å². The number of rotatable bonds is 5. The Bertz CT molecular complexity index is 646. The second kappa shape index (κ2) is 7.09. The van der Waals surface area contributed by atoms with Crippen molar-refractivity contribution in [3.63, 3.8) is 0 Å². The van der Waals surface area contributed by atoms with Gasteiger partial charge in [-0.05, 0) is 42.8 Å². The lowest BCUT2D eigenvalue weighted by molar-refractivity contribution is 0.0943. The highest BCUT2D eigenvalue weighted by atomic mass is 35.5. The molecular formula is C16H15ClFNO2. The topological polar surface area (TPSA) is 38.3 Å². The molecule has 21 heavy (non-hydrogen) atoms. The fraction of sp³-hybridized carbons (Fsp3) is 0.188. The minimum atomic E-state index is -0.538. The number of carbonyl (C=O) groups excluding carboxylic acids is 1. The molecule has 0 unspecified atom stereocenters. The van der Waals surface area contributed by atoms with Crippen LogP contribution in [0.2, 0.25) is 5.02 Å². The lowest BCUT2D eigenvalue weighted by atomic mass is 10.2. The van der Waals surface area contributed by atoms with Crippen molar-refractivity contribution in [1.82, 2.24) is 5.32 Å². The van der Waals surface area contributed by atoms with Gasteiger partial charge in [0.25, 0.3) is 5.91 Å². The maximum absolute atomic E-state index is 13.4. The summed E-state index contributed by atoms with van der Waals surface area (Å²) in [6, 6.07) is 11.2. The Morgan fingerprint density at radius 1 is 1.29 bits per heavy atom. The minimum Gasteiger partial charge on any atom is -0.492 e. The first-order chi connectivity index (χ1) is 10.1. The molecule has 2 rings (SSSR count). The van der Waals surface area contributed by atoms with E-state index in [-0.39, 0.29) is 12.1 Å². The van der Waals surface area contributed by atoms with Crippen LogP contribution in [0.15, 0.2) is 42.5 Å². The monoisotopic (exact) mass is 307 g/mol. The van der Waals surface area contributed by atoms with Gasteiger partial charge in [-0.1, -0.05) is 23.7 Å². The van der Waals surface area contributed by atoms with Crippen molar-refractivity contribution in [1.29, 1.82) is 0 Å². The van der Waals surface area contributed by atoms with Crippen molar-refractivity contribution in [2.75, 3.05) is 13.2 Å². The van der Waals surface area contributed by atoms with Gasteiger partial charge in [-0.3, -0.25) is 4.79 Å². The molecule has 2 aromatic rings. The molecule has 1 N–H and O–H groups in total. The Balaban J connectivity index is 1.81. The average Bonchev–Trinajstić information content (AvgIpc) is 2.47. The highest BCUT2D eigenvalue weighted by Crippen LogP contribution is 2.20. The van der Waals surface area contributed by atoms with Gasteiger partial charge in [0.2, 0.25) is 0 Å². The van der Waals surface area contributed by atoms with Gasteiger partial charge < -0.3 is 10.1 Å². The quantitative estimate of drug-likeness (QED) is 0.857. The molecule has 0 aliphatic rings. The third-order valence-corrected chi connectivity index (χ3v) is 3.33. The molecule has 3 nitrogen and oxygen atoms in total. The third-order valence-electron chi connectivity index (χ3n) is 2.90. The average molecular weight is 308 g/mol. The predicted molar refractivity (Wildman–Crippen MR) is 80.4 cm³/mol. The van der Waals surface area contributed by atoms with Gasteiger partial charge in [-0.2, -0.15) is 0 Å². The minimum absolute atomic E-state index is 0.0276. The maximum Gasteiger partial charge on any atom is 0.254 e. The smallest absolute Gasteiger partial charge is 0.254 e. The molecule has 0 aromatic heterocycles. The third kappa shape index (κ3) is 4.20. The number of nitrogens with one attached hydrogen (secondary N) is 1. The fourth-order valence-corrected chi connectivity index (χ4v) is 1.90. The normalized spacial score (nSPS) is 10.2. The number of hydrogen-bond donors (Lipinski definition) is 1. The summed E-state index contributed by atoms with van der Waals surface area (Å²) in [5.74, 6) is -0.315. The van der Waals surface area contributed by atoms with Crippen molar-refractivity contribution in [3.05, 3.63) is 64.4 Å². The second-order valence-corrected chi connectivity index (χ2v) is 4.90. The van der Waals surface area contributed by atoms with Crippen molar-refractivity contribution in [3.8, 4) is 5.75 Å². The number of hydrogen-bond acceptors (Lipinski definition) is 2. The summed E-state index contributed by atoms with van der Waals surface area (Å²) in [5.41, 5.74) is 0.949. The number of ether oxygens (including phenoxy) is 1. The standard InChI is InChI=1S/C16H15ClFNO2/c1-11-10-12(6-7-14(11)17)21-9-8-19-16(20)13-4-2-3-5-15(13)18/h2-7,10H,8-9H2,1H3,(H,19,20). The molecule has 2 aromatic carbocycles. The molecule has 0 aliphatic heterocycles. The molecular weight excluding hydrogens is 293 g/mol. The van der Waals surface area contributed by atoms with E-state index in [1.165, 1.54) is 18.2 Å². The molecule has 0 spiro atoms. The van der Waals surface area contributed by atoms with Gasteiger partial charge >= 0.3 is 0 Å². The molecule has 0 atom stereocenters. The summed E-state index contributed by atoms with van der Waals surface area (Å²) >= 11 is 5.92. The van der Waals surface area contributed by atoms with Crippen LogP contribution in [0, 0.1) is 12.7 Å². The van der Waals surface area contributed by atoms with E-state index in [2.05, 4.69) is 5.32 Å². The number of aryl methyl sites for hydroxylation is 1. The molecule has 0 heterocycles. The molecule has 0 fully saturated rings. The van der Waals surface area contributed by atoms with Gasteiger partial charge in [0, 0.05) is 5.02 Å². The predicted octanol–water partition coefficient (Wildman–Crippen LogP) is 3.60. The Hall–Kier alpha value is -2.07. The lowest BCUT2D eigenvalue weighted by Gasteiger charge is -2.09. The number of halogens is 2. The van der Waals surface area contributed by atoms with E-state index < -0.39 is 11.7 Å². The van der Waals surface area contributed by atoms with Crippen LogP contribution < -0.4 is 10.1 Å². The van der Waals surface area contributed by atoms with E-state index in [1.807, 2.05) is 13.0 Å². The Morgan fingerprint density at radius 2 is 2.05 bits per heavy atom. The number of benzene rings is 2. The summed E-state index contributed by atoms with van der Waals surface area (Å²) < 4.78 is 18.9. The van der Waals surface area contributed by atoms with Crippen LogP contribution in [0.5, 0.6) is 5.75 Å². The van der Waals surface area contributed by atoms with Crippen LogP contribution in [-0.4, -0.2) is 19.1 Å². The van der Waals surface area contributed by atoms with Gasteiger partial charge in [-0.25, -0.2) is 4.39 Å². The van der Waals surface area contributed by atoms with Crippen molar-refractivity contribution < 1.29 is 13.9 Å². The van der Waals surface area contributed by atoms with E-state index in [1.54, 1.807) is 18.2 Å². The Kier molecular flexibility index (Phi) is 5.17. The SMILES string of the molecule is Cc1cc(OCCNC(=O)c2ccccc2F)ccc1Cl. The van der Waals surface area contributed by atoms with Gasteiger partial charge in [0.15, 0.2) is 0 Å². The van der Waals surface area contributed by atoms with Crippen LogP contribution in [-0.2, 0) is 0 Å². The van der Waals surface area contributed by atoms with Crippen LogP contribution in [0.25, 0.3) is 0 Å². The molecule has 0 radical (unpaired) electrons. The van der Waals surface area contributed by atoms with Crippen LogP contribution in [0.3, 0.4) is 0 Å². The summed E-state index contributed by atoms with van der Waals surface area (Å²) in [4.78, 5) is 11.8. The largest absolute Gasteiger partial charge is 0.492 e. The first-order valence-corrected chi connectivity index (χ1v) is 6.87. The first-order valence-electron chi connectivity index (χ1n) is 6.49. The molecule has 0 saturated heterocycles. The summed E-state index contributed by atoms with van der Waals surface area (Å²) in [7, 11) is 0. The molecule has 5 heteroatoms. The molecule has 0 saturated carbocycles. The Labute approximate surface area is 127 Å². The van der Waals surface area contributed by atoms with Crippen LogP contribution >= 0.6 is 11.6 Å². The molecule has 1 amide bonds. The van der Waals surface area contributed by atoms with Crippen molar-refractivity contribution >= 4 is 17.5 Å². The fourth-order valence-electron chi connectivity index (χ4n) is 1.78. The van der Waals surface area contributed by atoms with Crippen LogP contribution in [0.4, 0.5) is 4.39 Å². The number of carbonyl (C=O) groups is 1. The van der Waals surface area contributed by atoms with Gasteiger partial charge in [0.1, 0.15) is 18.2 Å². The van der Waals surface area contributed by atoms with E-state index in [9.17, 15) is 9.18 Å². The first kappa shape index (κ1) is 15.3. The highest BCUT2D eigenvalue weighted by Gasteiger charge is 2.09. The van der Waals surface area contributed by atoms with Crippen molar-refractivity contribution in [2.24, 2.45) is 0 Å². The summed E-state index contributed by atoms with van der Waals surface area (Å²) in [6.07, 6.45) is 0. The summed E-state index contributed by atoms with van der Waals surface area (Å²) in [6.45, 7) is 2.46. The summed E-state index contributed by atoms with van der Waals surface area (Å²) in [5, 5.41) is 3.28. The zero-order valence-corrected chi connectivity index (χ0v) is 12.3. The van der Waals surface area contributed by atoms with E-state index >= 15 is 0 Å². The maximum atomic E-state index is 13.4. The lowest BCUT2D eigenvalue weighted by Crippen LogP contribution is -2.28. The van der Waals surface area contributed by atoms with Gasteiger partial charge in [0.05, 0.1) is 12.1 Å². The second-order valence-electron chi connectivity index (χ2n) is 4.50. The molecule has 0 aliphatic carbocycles. The molecule has 0 bridgehead atoms. The van der Waals surface area contributed by atoms with E-state index in [0.717, 1.165) is 5.56 Å². The van der Waals surface area contributed by atoms with Crippen molar-refractivity contribution in [2.45, 2.75) is 6.92 Å². The zero-order valence-electron chi connectivity index (χ0n) is 11.5. The Morgan fingerprint density at radius 3 is 2.76 bits per heavy atom. The highest BCUT2D eigenvalue weighted by molar-refractivity contribution is 6.31. The zero-order chi connectivity index (χ0) is 15.2. The molecule has 110 valence electrons.